The van der Waals surface area contributed by atoms with Crippen LogP contribution in [0.15, 0.2) is 60.8 Å². The summed E-state index contributed by atoms with van der Waals surface area (Å²) >= 11 is 0. The van der Waals surface area contributed by atoms with Crippen molar-refractivity contribution in [3.8, 4) is 0 Å². The van der Waals surface area contributed by atoms with Crippen LogP contribution in [0, 0.1) is 0 Å². The Morgan fingerprint density at radius 1 is 0.400 bits per heavy atom. The first-order valence-corrected chi connectivity index (χ1v) is 30.6. The highest BCUT2D eigenvalue weighted by molar-refractivity contribution is 5.76. The van der Waals surface area contributed by atoms with Crippen LogP contribution < -0.4 is 5.32 Å². The molecule has 0 rings (SSSR count). The van der Waals surface area contributed by atoms with Crippen LogP contribution in [0.5, 0.6) is 0 Å². The van der Waals surface area contributed by atoms with E-state index in [1.54, 1.807) is 6.08 Å². The van der Waals surface area contributed by atoms with E-state index < -0.39 is 12.1 Å². The quantitative estimate of drug-likeness (QED) is 0.0321. The van der Waals surface area contributed by atoms with Crippen molar-refractivity contribution in [3.63, 3.8) is 0 Å². The molecule has 6 heteroatoms. The van der Waals surface area contributed by atoms with E-state index in [1.165, 1.54) is 218 Å². The first kappa shape index (κ1) is 67.6. The Morgan fingerprint density at radius 2 is 0.743 bits per heavy atom. The number of ether oxygens (including phenoxy) is 1. The summed E-state index contributed by atoms with van der Waals surface area (Å²) in [5.41, 5.74) is 0. The van der Waals surface area contributed by atoms with Crippen molar-refractivity contribution < 1.29 is 24.5 Å². The second kappa shape index (κ2) is 59.1. The summed E-state index contributed by atoms with van der Waals surface area (Å²) in [6.07, 6.45) is 77.0. The van der Waals surface area contributed by atoms with Gasteiger partial charge in [0.2, 0.25) is 5.91 Å². The number of aliphatic hydroxyl groups is 2. The Morgan fingerprint density at radius 3 is 1.14 bits per heavy atom. The fourth-order valence-corrected chi connectivity index (χ4v) is 9.10. The number of esters is 1. The predicted octanol–water partition coefficient (Wildman–Crippen LogP) is 19.1. The van der Waals surface area contributed by atoms with E-state index >= 15 is 0 Å². The number of hydrogen-bond acceptors (Lipinski definition) is 5. The molecule has 2 atom stereocenters. The summed E-state index contributed by atoms with van der Waals surface area (Å²) < 4.78 is 5.40. The van der Waals surface area contributed by atoms with Crippen LogP contribution in [0.25, 0.3) is 0 Å². The topological polar surface area (TPSA) is 95.9 Å². The first-order chi connectivity index (χ1) is 34.5. The predicted molar refractivity (Wildman–Crippen MR) is 305 cm³/mol. The number of rotatable bonds is 56. The van der Waals surface area contributed by atoms with Crippen LogP contribution in [0.1, 0.15) is 309 Å². The fraction of sp³-hybridized carbons (Fsp3) is 0.812. The molecule has 3 N–H and O–H groups in total. The van der Waals surface area contributed by atoms with Gasteiger partial charge in [0.15, 0.2) is 0 Å². The molecule has 0 saturated heterocycles. The van der Waals surface area contributed by atoms with E-state index in [0.29, 0.717) is 19.4 Å². The van der Waals surface area contributed by atoms with Crippen LogP contribution >= 0.6 is 0 Å². The third-order valence-corrected chi connectivity index (χ3v) is 13.8. The van der Waals surface area contributed by atoms with Gasteiger partial charge in [-0.15, -0.1) is 0 Å². The number of aliphatic hydroxyl groups excluding tert-OH is 2. The van der Waals surface area contributed by atoms with E-state index in [-0.39, 0.29) is 18.5 Å². The molecule has 0 bridgehead atoms. The molecule has 0 aromatic rings. The zero-order valence-corrected chi connectivity index (χ0v) is 46.5. The minimum absolute atomic E-state index is 0.0517. The lowest BCUT2D eigenvalue weighted by Crippen LogP contribution is -2.45. The number of amides is 1. The van der Waals surface area contributed by atoms with Gasteiger partial charge >= 0.3 is 5.97 Å². The van der Waals surface area contributed by atoms with Gasteiger partial charge in [0.05, 0.1) is 25.4 Å². The van der Waals surface area contributed by atoms with E-state index in [2.05, 4.69) is 67.8 Å². The summed E-state index contributed by atoms with van der Waals surface area (Å²) in [5.74, 6) is -0.124. The number of nitrogens with one attached hydrogen (secondary N) is 1. The van der Waals surface area contributed by atoms with Crippen molar-refractivity contribution in [1.82, 2.24) is 5.32 Å². The molecule has 408 valence electrons. The van der Waals surface area contributed by atoms with Gasteiger partial charge < -0.3 is 20.3 Å². The molecule has 0 aromatic heterocycles. The molecule has 6 nitrogen and oxygen atoms in total. The Bertz CT molecular complexity index is 1220. The molecule has 0 spiro atoms. The largest absolute Gasteiger partial charge is 0.465 e. The molecular formula is C64H117NO5. The van der Waals surface area contributed by atoms with Gasteiger partial charge in [0.25, 0.3) is 0 Å². The van der Waals surface area contributed by atoms with Crippen LogP contribution in [-0.4, -0.2) is 47.4 Å². The minimum Gasteiger partial charge on any atom is -0.465 e. The highest BCUT2D eigenvalue weighted by Crippen LogP contribution is 2.17. The van der Waals surface area contributed by atoms with E-state index in [4.69, 9.17) is 4.74 Å². The number of carbonyl (C=O) groups excluding carboxylic acids is 2. The molecule has 0 saturated carbocycles. The maximum atomic E-state index is 12.5. The van der Waals surface area contributed by atoms with E-state index in [1.807, 2.05) is 6.08 Å². The van der Waals surface area contributed by atoms with Crippen LogP contribution in [0.3, 0.4) is 0 Å². The average Bonchev–Trinajstić information content (AvgIpc) is 3.36. The standard InChI is InChI=1S/C64H117NO5/c1-3-5-7-9-11-13-15-17-18-19-23-26-29-33-36-40-44-48-52-56-62(67)61(60-66)65-63(68)57-53-49-45-41-37-34-30-27-24-21-20-22-25-28-31-35-39-43-47-51-55-59-70-64(69)58-54-50-46-42-38-32-16-14-12-10-8-6-4-2/h8,10,14,16,35,39,47,51-52,56,61-62,66-67H,3-7,9,11-13,15,17-34,36-38,40-46,48-50,53-55,57-60H2,1-2H3,(H,65,68)/b10-8-,16-14-,39-35-,51-47-,56-52+. The fourth-order valence-electron chi connectivity index (χ4n) is 9.10. The third kappa shape index (κ3) is 54.9. The van der Waals surface area contributed by atoms with Crippen molar-refractivity contribution in [2.45, 2.75) is 321 Å². The lowest BCUT2D eigenvalue weighted by molar-refractivity contribution is -0.143. The lowest BCUT2D eigenvalue weighted by Gasteiger charge is -2.20. The Hall–Kier alpha value is -2.44. The zero-order chi connectivity index (χ0) is 50.7. The lowest BCUT2D eigenvalue weighted by atomic mass is 10.0. The van der Waals surface area contributed by atoms with Crippen molar-refractivity contribution >= 4 is 11.9 Å². The Balaban J connectivity index is 3.50. The van der Waals surface area contributed by atoms with Crippen LogP contribution in [-0.2, 0) is 14.3 Å². The Labute approximate surface area is 435 Å². The van der Waals surface area contributed by atoms with Crippen molar-refractivity contribution in [1.29, 1.82) is 0 Å². The van der Waals surface area contributed by atoms with E-state index in [0.717, 1.165) is 64.2 Å². The van der Waals surface area contributed by atoms with Gasteiger partial charge in [0, 0.05) is 12.8 Å². The summed E-state index contributed by atoms with van der Waals surface area (Å²) in [4.78, 5) is 24.5. The number of unbranched alkanes of at least 4 members (excludes halogenated alkanes) is 37. The minimum atomic E-state index is -0.850. The molecule has 0 aliphatic rings. The first-order valence-electron chi connectivity index (χ1n) is 30.6. The van der Waals surface area contributed by atoms with Crippen LogP contribution in [0.4, 0.5) is 0 Å². The second-order valence-electron chi connectivity index (χ2n) is 20.7. The molecule has 70 heavy (non-hydrogen) atoms. The Kier molecular flexibility index (Phi) is 57.1. The normalized spacial score (nSPS) is 13.0. The summed E-state index contributed by atoms with van der Waals surface area (Å²) in [5, 5.41) is 23.2. The maximum absolute atomic E-state index is 12.5. The molecule has 0 heterocycles. The second-order valence-corrected chi connectivity index (χ2v) is 20.7. The maximum Gasteiger partial charge on any atom is 0.305 e. The molecule has 0 aliphatic heterocycles. The molecule has 0 fully saturated rings. The SMILES string of the molecule is CCC/C=C\C/C=C\CCCCCCCC(=O)OCC/C=C\C/C=C\CCCCCCCCCCCCCCCCC(=O)NC(CO)C(O)/C=C/CCCCCCCCCCCCCCCCCCC. The van der Waals surface area contributed by atoms with E-state index in [9.17, 15) is 19.8 Å². The molecule has 0 aliphatic carbocycles. The summed E-state index contributed by atoms with van der Waals surface area (Å²) in [7, 11) is 0. The molecule has 1 amide bonds. The highest BCUT2D eigenvalue weighted by Gasteiger charge is 2.18. The number of hydrogen-bond donors (Lipinski definition) is 3. The molecule has 0 aromatic carbocycles. The van der Waals surface area contributed by atoms with Gasteiger partial charge in [-0.05, 0) is 77.0 Å². The van der Waals surface area contributed by atoms with Crippen LogP contribution in [0.2, 0.25) is 0 Å². The molecule has 0 radical (unpaired) electrons. The zero-order valence-electron chi connectivity index (χ0n) is 46.5. The third-order valence-electron chi connectivity index (χ3n) is 13.8. The van der Waals surface area contributed by atoms with Gasteiger partial charge in [0.1, 0.15) is 0 Å². The van der Waals surface area contributed by atoms with Crippen molar-refractivity contribution in [2.24, 2.45) is 0 Å². The highest BCUT2D eigenvalue weighted by atomic mass is 16.5. The monoisotopic (exact) mass is 980 g/mol. The number of carbonyl (C=O) groups is 2. The van der Waals surface area contributed by atoms with Gasteiger partial charge in [-0.25, -0.2) is 0 Å². The summed E-state index contributed by atoms with van der Waals surface area (Å²) in [6.45, 7) is 4.73. The molecule has 2 unspecified atom stereocenters. The van der Waals surface area contributed by atoms with Gasteiger partial charge in [-0.1, -0.05) is 280 Å². The summed E-state index contributed by atoms with van der Waals surface area (Å²) in [6, 6.07) is -0.634. The smallest absolute Gasteiger partial charge is 0.305 e. The average molecular weight is 981 g/mol. The van der Waals surface area contributed by atoms with Crippen molar-refractivity contribution in [2.75, 3.05) is 13.2 Å². The van der Waals surface area contributed by atoms with Crippen molar-refractivity contribution in [3.05, 3.63) is 60.8 Å². The number of allylic oxidation sites excluding steroid dienone is 8. The van der Waals surface area contributed by atoms with Gasteiger partial charge in [-0.2, -0.15) is 0 Å². The molecular weight excluding hydrogens is 863 g/mol. The van der Waals surface area contributed by atoms with Gasteiger partial charge in [-0.3, -0.25) is 9.59 Å².